The lowest BCUT2D eigenvalue weighted by molar-refractivity contribution is 0.0285. The van der Waals surface area contributed by atoms with Gasteiger partial charge in [0, 0.05) is 47.4 Å². The summed E-state index contributed by atoms with van der Waals surface area (Å²) in [4.78, 5) is 25.5. The molecule has 0 bridgehead atoms. The third-order valence-corrected chi connectivity index (χ3v) is 6.88. The Balaban J connectivity index is 1.26. The minimum absolute atomic E-state index is 0.0101. The fourth-order valence-corrected chi connectivity index (χ4v) is 4.70. The summed E-state index contributed by atoms with van der Waals surface area (Å²) in [6.45, 7) is 3.43. The molecular formula is C34H29FN4O5. The number of nitrogens with one attached hydrogen (secondary N) is 2. The third-order valence-electron chi connectivity index (χ3n) is 6.88. The number of aromatic amines is 1. The lowest BCUT2D eigenvalue weighted by Gasteiger charge is -2.18. The van der Waals surface area contributed by atoms with Crippen LogP contribution < -0.4 is 25.0 Å². The van der Waals surface area contributed by atoms with Crippen molar-refractivity contribution in [1.29, 1.82) is 0 Å². The summed E-state index contributed by atoms with van der Waals surface area (Å²) in [5.41, 5.74) is 1.55. The molecule has 3 aromatic carbocycles. The van der Waals surface area contributed by atoms with Crippen LogP contribution in [0.25, 0.3) is 32.9 Å². The molecule has 9 nitrogen and oxygen atoms in total. The number of benzene rings is 3. The van der Waals surface area contributed by atoms with E-state index in [0.29, 0.717) is 50.3 Å². The molecular weight excluding hydrogens is 563 g/mol. The smallest absolute Gasteiger partial charge is 0.200 e. The van der Waals surface area contributed by atoms with Gasteiger partial charge in [-0.2, -0.15) is 0 Å². The average Bonchev–Trinajstić information content (AvgIpc) is 3.01. The minimum atomic E-state index is -0.981. The normalized spacial score (nSPS) is 11.5. The van der Waals surface area contributed by atoms with Gasteiger partial charge in [0.2, 0.25) is 5.43 Å². The van der Waals surface area contributed by atoms with Crippen LogP contribution in [0.2, 0.25) is 0 Å². The molecule has 0 fully saturated rings. The number of methoxy groups -OCH3 is 1. The van der Waals surface area contributed by atoms with Gasteiger partial charge in [0.25, 0.3) is 0 Å². The van der Waals surface area contributed by atoms with Crippen molar-refractivity contribution in [2.75, 3.05) is 19.0 Å². The Morgan fingerprint density at radius 3 is 2.45 bits per heavy atom. The molecule has 0 radical (unpaired) electrons. The van der Waals surface area contributed by atoms with Gasteiger partial charge in [-0.3, -0.25) is 9.78 Å². The second-order valence-electron chi connectivity index (χ2n) is 10.8. The highest BCUT2D eigenvalue weighted by molar-refractivity contribution is 5.93. The molecule has 10 heteroatoms. The van der Waals surface area contributed by atoms with Gasteiger partial charge in [-0.1, -0.05) is 12.1 Å². The van der Waals surface area contributed by atoms with Gasteiger partial charge in [-0.05, 0) is 67.9 Å². The molecule has 3 heterocycles. The Kier molecular flexibility index (Phi) is 7.59. The second-order valence-corrected chi connectivity index (χ2v) is 10.8. The topological polar surface area (TPSA) is 119 Å². The minimum Gasteiger partial charge on any atom is -0.497 e. The average molecular weight is 593 g/mol. The Hall–Kier alpha value is -5.48. The van der Waals surface area contributed by atoms with E-state index in [1.807, 2.05) is 12.1 Å². The number of aromatic nitrogens is 3. The van der Waals surface area contributed by atoms with Gasteiger partial charge < -0.3 is 29.6 Å². The molecule has 0 aliphatic carbocycles. The van der Waals surface area contributed by atoms with Gasteiger partial charge >= 0.3 is 0 Å². The van der Waals surface area contributed by atoms with E-state index in [-0.39, 0.29) is 23.6 Å². The summed E-state index contributed by atoms with van der Waals surface area (Å²) in [5, 5.41) is 14.0. The number of nitrogens with zero attached hydrogens (tertiary/aromatic N) is 2. The van der Waals surface area contributed by atoms with E-state index in [4.69, 9.17) is 14.2 Å². The van der Waals surface area contributed by atoms with Gasteiger partial charge in [0.1, 0.15) is 29.7 Å². The van der Waals surface area contributed by atoms with Gasteiger partial charge in [-0.25, -0.2) is 9.37 Å². The maximum atomic E-state index is 15.3. The highest BCUT2D eigenvalue weighted by Crippen LogP contribution is 2.34. The first kappa shape index (κ1) is 28.6. The van der Waals surface area contributed by atoms with Crippen molar-refractivity contribution in [2.45, 2.75) is 19.4 Å². The summed E-state index contributed by atoms with van der Waals surface area (Å²) in [7, 11) is 1.58. The highest BCUT2D eigenvalue weighted by atomic mass is 19.1. The quantitative estimate of drug-likeness (QED) is 0.165. The zero-order valence-corrected chi connectivity index (χ0v) is 24.2. The molecule has 0 spiro atoms. The van der Waals surface area contributed by atoms with Crippen molar-refractivity contribution in [3.05, 3.63) is 107 Å². The summed E-state index contributed by atoms with van der Waals surface area (Å²) in [6.07, 6.45) is 4.79. The van der Waals surface area contributed by atoms with Crippen LogP contribution in [0, 0.1) is 5.82 Å². The molecule has 44 heavy (non-hydrogen) atoms. The van der Waals surface area contributed by atoms with E-state index < -0.39 is 11.4 Å². The van der Waals surface area contributed by atoms with E-state index >= 15 is 4.39 Å². The van der Waals surface area contributed by atoms with E-state index in [1.165, 1.54) is 12.1 Å². The van der Waals surface area contributed by atoms with E-state index in [1.54, 1.807) is 88.1 Å². The van der Waals surface area contributed by atoms with Crippen LogP contribution in [0.4, 0.5) is 15.9 Å². The van der Waals surface area contributed by atoms with Crippen molar-refractivity contribution in [3.63, 3.8) is 0 Å². The van der Waals surface area contributed by atoms with Gasteiger partial charge in [-0.15, -0.1) is 0 Å². The Morgan fingerprint density at radius 2 is 1.70 bits per heavy atom. The van der Waals surface area contributed by atoms with Crippen LogP contribution in [0.5, 0.6) is 23.0 Å². The molecule has 0 atom stereocenters. The molecule has 0 amide bonds. The number of rotatable bonds is 9. The van der Waals surface area contributed by atoms with Crippen LogP contribution in [-0.4, -0.2) is 39.4 Å². The van der Waals surface area contributed by atoms with Crippen molar-refractivity contribution in [3.8, 4) is 34.1 Å². The largest absolute Gasteiger partial charge is 0.497 e. The number of halogens is 1. The third kappa shape index (κ3) is 6.02. The van der Waals surface area contributed by atoms with Gasteiger partial charge in [0.15, 0.2) is 11.6 Å². The molecule has 0 aliphatic rings. The molecule has 6 rings (SSSR count). The van der Waals surface area contributed by atoms with E-state index in [9.17, 15) is 9.90 Å². The van der Waals surface area contributed by atoms with Gasteiger partial charge in [0.05, 0.1) is 29.1 Å². The number of aliphatic hydroxyl groups is 1. The lowest BCUT2D eigenvalue weighted by atomic mass is 10.0. The SMILES string of the molecule is COc1ccc(-c2c[nH]c3ccnc(Nc4ccc(Oc5ccnc6cc(OCC(C)(C)O)ccc56)c(F)c4)c3c2=O)cc1. The number of hydrogen-bond donors (Lipinski definition) is 3. The first-order valence-corrected chi connectivity index (χ1v) is 13.8. The first-order chi connectivity index (χ1) is 21.2. The molecule has 3 N–H and O–H groups in total. The Labute approximate surface area is 251 Å². The van der Waals surface area contributed by atoms with E-state index in [2.05, 4.69) is 20.3 Å². The van der Waals surface area contributed by atoms with E-state index in [0.717, 1.165) is 5.56 Å². The number of pyridine rings is 3. The maximum Gasteiger partial charge on any atom is 0.200 e. The Bertz CT molecular complexity index is 2040. The van der Waals surface area contributed by atoms with Crippen molar-refractivity contribution in [2.24, 2.45) is 0 Å². The van der Waals surface area contributed by atoms with Crippen LogP contribution in [0.15, 0.2) is 96.2 Å². The fraction of sp³-hybridized carbons (Fsp3) is 0.147. The van der Waals surface area contributed by atoms with Crippen LogP contribution in [0.3, 0.4) is 0 Å². The Morgan fingerprint density at radius 1 is 0.932 bits per heavy atom. The molecule has 6 aromatic rings. The van der Waals surface area contributed by atoms with Crippen LogP contribution >= 0.6 is 0 Å². The predicted molar refractivity (Wildman–Crippen MR) is 168 cm³/mol. The number of anilines is 2. The van der Waals surface area contributed by atoms with Crippen LogP contribution in [-0.2, 0) is 0 Å². The van der Waals surface area contributed by atoms with Crippen molar-refractivity contribution in [1.82, 2.24) is 15.0 Å². The first-order valence-electron chi connectivity index (χ1n) is 13.8. The summed E-state index contributed by atoms with van der Waals surface area (Å²) < 4.78 is 32.2. The summed E-state index contributed by atoms with van der Waals surface area (Å²) in [5.74, 6) is 1.33. The number of H-pyrrole nitrogens is 1. The molecule has 0 saturated heterocycles. The maximum absolute atomic E-state index is 15.3. The standard InChI is InChI=1S/C34H29FN4O5/c1-34(2,41)19-43-23-9-10-24-28(17-23)36-15-13-29(24)44-30-11-6-21(16-26(30)35)39-33-31-27(12-14-37-33)38-18-25(32(31)40)20-4-7-22(42-3)8-5-20/h4-18,41H,19H2,1-3H3,(H,37,39)(H,38,40). The summed E-state index contributed by atoms with van der Waals surface area (Å²) >= 11 is 0. The number of fused-ring (bicyclic) bond motifs is 2. The van der Waals surface area contributed by atoms with Crippen molar-refractivity contribution < 1.29 is 23.7 Å². The fourth-order valence-electron chi connectivity index (χ4n) is 4.70. The molecule has 222 valence electrons. The molecule has 3 aromatic heterocycles. The lowest BCUT2D eigenvalue weighted by Crippen LogP contribution is -2.27. The van der Waals surface area contributed by atoms with Crippen molar-refractivity contribution >= 4 is 33.3 Å². The number of hydrogen-bond acceptors (Lipinski definition) is 8. The predicted octanol–water partition coefficient (Wildman–Crippen LogP) is 6.97. The zero-order valence-electron chi connectivity index (χ0n) is 24.2. The second kappa shape index (κ2) is 11.7. The zero-order chi connectivity index (χ0) is 30.8. The van der Waals surface area contributed by atoms with Crippen LogP contribution in [0.1, 0.15) is 13.8 Å². The molecule has 0 aliphatic heterocycles. The highest BCUT2D eigenvalue weighted by Gasteiger charge is 2.16. The summed E-state index contributed by atoms with van der Waals surface area (Å²) in [6, 6.07) is 20.2. The number of ether oxygens (including phenoxy) is 3. The molecule has 0 unspecified atom stereocenters. The monoisotopic (exact) mass is 592 g/mol. The molecule has 0 saturated carbocycles.